The molecule has 1 unspecified atom stereocenters. The first kappa shape index (κ1) is 15.0. The fraction of sp³-hybridized carbons (Fsp3) is 0.294. The van der Waals surface area contributed by atoms with Gasteiger partial charge in [0.05, 0.1) is 4.92 Å². The first-order valence-electron chi connectivity index (χ1n) is 7.09. The van der Waals surface area contributed by atoms with Crippen LogP contribution >= 0.6 is 0 Å². The van der Waals surface area contributed by atoms with Gasteiger partial charge in [-0.25, -0.2) is 0 Å². The van der Waals surface area contributed by atoms with Crippen molar-refractivity contribution in [2.45, 2.75) is 32.7 Å². The van der Waals surface area contributed by atoms with E-state index < -0.39 is 0 Å². The van der Waals surface area contributed by atoms with Crippen molar-refractivity contribution in [2.24, 2.45) is 0 Å². The summed E-state index contributed by atoms with van der Waals surface area (Å²) in [6.07, 6.45) is 0. The van der Waals surface area contributed by atoms with Crippen LogP contribution in [0, 0.1) is 10.1 Å². The number of para-hydroxylation sites is 2. The summed E-state index contributed by atoms with van der Waals surface area (Å²) in [7, 11) is 0. The van der Waals surface area contributed by atoms with Gasteiger partial charge in [-0.3, -0.25) is 10.1 Å². The largest absolute Gasteiger partial charge is 0.373 e. The summed E-state index contributed by atoms with van der Waals surface area (Å²) in [6.45, 7) is 6.31. The van der Waals surface area contributed by atoms with Crippen molar-refractivity contribution in [1.29, 1.82) is 0 Å². The molecule has 0 fully saturated rings. The maximum Gasteiger partial charge on any atom is 0.292 e. The van der Waals surface area contributed by atoms with E-state index in [0.717, 1.165) is 5.56 Å². The van der Waals surface area contributed by atoms with Gasteiger partial charge >= 0.3 is 0 Å². The number of rotatable bonds is 5. The Morgan fingerprint density at radius 3 is 2.10 bits per heavy atom. The molecule has 0 spiro atoms. The smallest absolute Gasteiger partial charge is 0.292 e. The Morgan fingerprint density at radius 2 is 1.52 bits per heavy atom. The van der Waals surface area contributed by atoms with Crippen LogP contribution < -0.4 is 5.32 Å². The molecule has 1 atom stereocenters. The molecule has 0 aliphatic heterocycles. The van der Waals surface area contributed by atoms with Crippen molar-refractivity contribution in [2.75, 3.05) is 5.32 Å². The van der Waals surface area contributed by atoms with Crippen molar-refractivity contribution in [3.63, 3.8) is 0 Å². The van der Waals surface area contributed by atoms with Gasteiger partial charge in [-0.2, -0.15) is 0 Å². The molecule has 0 heterocycles. The lowest BCUT2D eigenvalue weighted by atomic mass is 9.99. The minimum Gasteiger partial charge on any atom is -0.373 e. The van der Waals surface area contributed by atoms with E-state index in [1.807, 2.05) is 6.92 Å². The van der Waals surface area contributed by atoms with Crippen LogP contribution in [-0.2, 0) is 0 Å². The molecule has 0 aliphatic rings. The fourth-order valence-electron chi connectivity index (χ4n) is 2.24. The van der Waals surface area contributed by atoms with Crippen LogP contribution in [0.4, 0.5) is 11.4 Å². The Hall–Kier alpha value is -2.36. The predicted molar refractivity (Wildman–Crippen MR) is 85.7 cm³/mol. The number of benzene rings is 2. The van der Waals surface area contributed by atoms with Crippen molar-refractivity contribution < 1.29 is 4.92 Å². The van der Waals surface area contributed by atoms with Crippen molar-refractivity contribution in [1.82, 2.24) is 0 Å². The molecular weight excluding hydrogens is 264 g/mol. The van der Waals surface area contributed by atoms with E-state index in [-0.39, 0.29) is 16.7 Å². The third-order valence-corrected chi connectivity index (χ3v) is 3.58. The average Bonchev–Trinajstić information content (AvgIpc) is 2.47. The molecule has 4 heteroatoms. The molecular formula is C17H20N2O2. The van der Waals surface area contributed by atoms with Crippen LogP contribution in [0.15, 0.2) is 48.5 Å². The molecule has 21 heavy (non-hydrogen) atoms. The zero-order chi connectivity index (χ0) is 15.4. The van der Waals surface area contributed by atoms with E-state index in [1.54, 1.807) is 18.2 Å². The van der Waals surface area contributed by atoms with Gasteiger partial charge in [-0.15, -0.1) is 0 Å². The van der Waals surface area contributed by atoms with Gasteiger partial charge in [-0.1, -0.05) is 50.2 Å². The predicted octanol–water partition coefficient (Wildman–Crippen LogP) is 4.89. The normalized spacial score (nSPS) is 12.2. The molecule has 1 N–H and O–H groups in total. The van der Waals surface area contributed by atoms with E-state index in [0.29, 0.717) is 11.6 Å². The van der Waals surface area contributed by atoms with Gasteiger partial charge in [-0.05, 0) is 30.0 Å². The highest BCUT2D eigenvalue weighted by atomic mass is 16.6. The highest BCUT2D eigenvalue weighted by Crippen LogP contribution is 2.28. The number of nitro groups is 1. The zero-order valence-electron chi connectivity index (χ0n) is 12.5. The Kier molecular flexibility index (Phi) is 4.58. The lowest BCUT2D eigenvalue weighted by Gasteiger charge is -2.16. The van der Waals surface area contributed by atoms with E-state index in [2.05, 4.69) is 43.4 Å². The van der Waals surface area contributed by atoms with Crippen molar-refractivity contribution >= 4 is 11.4 Å². The van der Waals surface area contributed by atoms with Gasteiger partial charge < -0.3 is 5.32 Å². The SMILES string of the molecule is CC(C)c1ccc(C(C)Nc2ccccc2[N+](=O)[O-])cc1. The summed E-state index contributed by atoms with van der Waals surface area (Å²) in [6, 6.07) is 15.1. The first-order valence-corrected chi connectivity index (χ1v) is 7.09. The Morgan fingerprint density at radius 1 is 0.952 bits per heavy atom. The molecule has 0 aliphatic carbocycles. The quantitative estimate of drug-likeness (QED) is 0.628. The lowest BCUT2D eigenvalue weighted by molar-refractivity contribution is -0.384. The van der Waals surface area contributed by atoms with E-state index in [9.17, 15) is 10.1 Å². The van der Waals surface area contributed by atoms with Crippen LogP contribution in [0.25, 0.3) is 0 Å². The molecule has 0 aromatic heterocycles. The molecule has 0 radical (unpaired) electrons. The molecule has 0 amide bonds. The maximum absolute atomic E-state index is 11.0. The summed E-state index contributed by atoms with van der Waals surface area (Å²) >= 11 is 0. The number of hydrogen-bond donors (Lipinski definition) is 1. The summed E-state index contributed by atoms with van der Waals surface area (Å²) in [5.41, 5.74) is 3.04. The van der Waals surface area contributed by atoms with E-state index in [4.69, 9.17) is 0 Å². The highest BCUT2D eigenvalue weighted by Gasteiger charge is 2.15. The van der Waals surface area contributed by atoms with Crippen molar-refractivity contribution in [3.8, 4) is 0 Å². The summed E-state index contributed by atoms with van der Waals surface area (Å²) in [5.74, 6) is 0.498. The summed E-state index contributed by atoms with van der Waals surface area (Å²) in [4.78, 5) is 10.7. The monoisotopic (exact) mass is 284 g/mol. The van der Waals surface area contributed by atoms with Gasteiger partial charge in [0.25, 0.3) is 5.69 Å². The minimum atomic E-state index is -0.364. The molecule has 4 nitrogen and oxygen atoms in total. The van der Waals surface area contributed by atoms with Crippen molar-refractivity contribution in [3.05, 3.63) is 69.8 Å². The minimum absolute atomic E-state index is 0.00677. The first-order chi connectivity index (χ1) is 9.99. The van der Waals surface area contributed by atoms with Gasteiger partial charge in [0.1, 0.15) is 5.69 Å². The molecule has 110 valence electrons. The van der Waals surface area contributed by atoms with Crippen LogP contribution in [0.5, 0.6) is 0 Å². The second-order valence-electron chi connectivity index (χ2n) is 5.46. The molecule has 0 bridgehead atoms. The topological polar surface area (TPSA) is 55.2 Å². The Balaban J connectivity index is 2.18. The van der Waals surface area contributed by atoms with E-state index in [1.165, 1.54) is 11.6 Å². The summed E-state index contributed by atoms with van der Waals surface area (Å²) in [5, 5.41) is 14.2. The number of nitrogens with zero attached hydrogens (tertiary/aromatic N) is 1. The van der Waals surface area contributed by atoms with Crippen LogP contribution in [0.3, 0.4) is 0 Å². The van der Waals surface area contributed by atoms with Gasteiger partial charge in [0.15, 0.2) is 0 Å². The number of nitro benzene ring substituents is 1. The second-order valence-corrected chi connectivity index (χ2v) is 5.46. The van der Waals surface area contributed by atoms with Crippen LogP contribution in [0.1, 0.15) is 43.9 Å². The molecule has 2 aromatic carbocycles. The third kappa shape index (κ3) is 3.60. The van der Waals surface area contributed by atoms with Crippen LogP contribution in [-0.4, -0.2) is 4.92 Å². The molecule has 0 saturated heterocycles. The Labute approximate surface area is 125 Å². The number of nitrogens with one attached hydrogen (secondary N) is 1. The Bertz CT molecular complexity index is 621. The van der Waals surface area contributed by atoms with Crippen LogP contribution in [0.2, 0.25) is 0 Å². The number of anilines is 1. The standard InChI is InChI=1S/C17H20N2O2/c1-12(2)14-8-10-15(11-9-14)13(3)18-16-6-4-5-7-17(16)19(20)21/h4-13,18H,1-3H3. The molecule has 2 rings (SSSR count). The maximum atomic E-state index is 11.0. The lowest BCUT2D eigenvalue weighted by Crippen LogP contribution is -2.08. The molecule has 2 aromatic rings. The zero-order valence-corrected chi connectivity index (χ0v) is 12.5. The van der Waals surface area contributed by atoms with Gasteiger partial charge in [0, 0.05) is 12.1 Å². The fourth-order valence-corrected chi connectivity index (χ4v) is 2.24. The third-order valence-electron chi connectivity index (χ3n) is 3.58. The number of hydrogen-bond acceptors (Lipinski definition) is 3. The summed E-state index contributed by atoms with van der Waals surface area (Å²) < 4.78 is 0. The second kappa shape index (κ2) is 6.39. The van der Waals surface area contributed by atoms with E-state index >= 15 is 0 Å². The van der Waals surface area contributed by atoms with Gasteiger partial charge in [0.2, 0.25) is 0 Å². The molecule has 0 saturated carbocycles. The highest BCUT2D eigenvalue weighted by molar-refractivity contribution is 5.62. The average molecular weight is 284 g/mol.